The first kappa shape index (κ1) is 15.7. The van der Waals surface area contributed by atoms with E-state index in [0.717, 1.165) is 25.1 Å². The number of aromatic nitrogens is 2. The van der Waals surface area contributed by atoms with Crippen molar-refractivity contribution in [2.24, 2.45) is 0 Å². The molecule has 1 aromatic rings. The normalized spacial score (nSPS) is 19.4. The van der Waals surface area contributed by atoms with Gasteiger partial charge in [0, 0.05) is 44.3 Å². The van der Waals surface area contributed by atoms with Crippen molar-refractivity contribution in [3.8, 4) is 0 Å². The maximum Gasteiger partial charge on any atom is 0.410 e. The van der Waals surface area contributed by atoms with Gasteiger partial charge < -0.3 is 15.0 Å². The summed E-state index contributed by atoms with van der Waals surface area (Å²) in [6, 6.07) is 0.272. The van der Waals surface area contributed by atoms with E-state index < -0.39 is 5.60 Å². The zero-order chi connectivity index (χ0) is 15.3. The summed E-state index contributed by atoms with van der Waals surface area (Å²) in [5.41, 5.74) is 0.462. The number of amides is 1. The molecular weight excluding hydrogens is 268 g/mol. The summed E-state index contributed by atoms with van der Waals surface area (Å²) in [5.74, 6) is 0. The van der Waals surface area contributed by atoms with Crippen LogP contribution in [0, 0.1) is 0 Å². The van der Waals surface area contributed by atoms with Gasteiger partial charge in [0.15, 0.2) is 0 Å². The molecule has 0 unspecified atom stereocenters. The largest absolute Gasteiger partial charge is 0.444 e. The predicted molar refractivity (Wildman–Crippen MR) is 79.7 cm³/mol. The molecule has 1 aliphatic heterocycles. The lowest BCUT2D eigenvalue weighted by Crippen LogP contribution is -2.49. The fourth-order valence-corrected chi connectivity index (χ4v) is 2.31. The van der Waals surface area contributed by atoms with E-state index in [4.69, 9.17) is 4.74 Å². The Kier molecular flexibility index (Phi) is 5.12. The second-order valence-electron chi connectivity index (χ2n) is 6.34. The van der Waals surface area contributed by atoms with E-state index in [1.807, 2.05) is 20.8 Å². The Balaban J connectivity index is 1.82. The molecule has 21 heavy (non-hydrogen) atoms. The minimum absolute atomic E-state index is 0.228. The zero-order valence-corrected chi connectivity index (χ0v) is 13.0. The van der Waals surface area contributed by atoms with Crippen LogP contribution in [0.5, 0.6) is 0 Å². The number of rotatable bonds is 3. The van der Waals surface area contributed by atoms with Crippen LogP contribution in [-0.4, -0.2) is 45.7 Å². The first-order valence-corrected chi connectivity index (χ1v) is 7.40. The molecule has 6 nitrogen and oxygen atoms in total. The van der Waals surface area contributed by atoms with Crippen molar-refractivity contribution in [1.82, 2.24) is 20.2 Å². The summed E-state index contributed by atoms with van der Waals surface area (Å²) < 4.78 is 5.43. The highest BCUT2D eigenvalue weighted by Crippen LogP contribution is 2.15. The molecule has 1 fully saturated rings. The van der Waals surface area contributed by atoms with Crippen LogP contribution in [0.15, 0.2) is 18.6 Å². The van der Waals surface area contributed by atoms with E-state index in [2.05, 4.69) is 15.3 Å². The van der Waals surface area contributed by atoms with Gasteiger partial charge in [-0.15, -0.1) is 0 Å². The third-order valence-electron chi connectivity index (χ3n) is 3.26. The summed E-state index contributed by atoms with van der Waals surface area (Å²) in [7, 11) is 0. The number of carbonyl (C=O) groups is 1. The van der Waals surface area contributed by atoms with Crippen molar-refractivity contribution >= 4 is 6.09 Å². The first-order valence-electron chi connectivity index (χ1n) is 7.40. The second kappa shape index (κ2) is 6.85. The van der Waals surface area contributed by atoms with Gasteiger partial charge in [-0.1, -0.05) is 0 Å². The Morgan fingerprint density at radius 3 is 2.95 bits per heavy atom. The molecule has 1 aromatic heterocycles. The Morgan fingerprint density at radius 1 is 1.48 bits per heavy atom. The van der Waals surface area contributed by atoms with E-state index in [0.29, 0.717) is 13.1 Å². The Bertz CT molecular complexity index is 458. The molecule has 0 radical (unpaired) electrons. The van der Waals surface area contributed by atoms with Gasteiger partial charge in [0.05, 0.1) is 5.69 Å². The average molecular weight is 292 g/mol. The number of piperidine rings is 1. The van der Waals surface area contributed by atoms with Crippen molar-refractivity contribution in [2.75, 3.05) is 13.1 Å². The average Bonchev–Trinajstić information content (AvgIpc) is 2.45. The SMILES string of the molecule is CC(C)(C)OC(=O)N1CCC[C@@H](NCc2cnccn2)C1. The summed E-state index contributed by atoms with van der Waals surface area (Å²) in [6.07, 6.45) is 6.91. The van der Waals surface area contributed by atoms with Crippen LogP contribution in [-0.2, 0) is 11.3 Å². The second-order valence-corrected chi connectivity index (χ2v) is 6.34. The van der Waals surface area contributed by atoms with Gasteiger partial charge in [-0.25, -0.2) is 4.79 Å². The van der Waals surface area contributed by atoms with Crippen molar-refractivity contribution in [3.63, 3.8) is 0 Å². The predicted octanol–water partition coefficient (Wildman–Crippen LogP) is 1.97. The summed E-state index contributed by atoms with van der Waals surface area (Å²) in [4.78, 5) is 22.1. The van der Waals surface area contributed by atoms with E-state index in [1.165, 1.54) is 0 Å². The highest BCUT2D eigenvalue weighted by atomic mass is 16.6. The van der Waals surface area contributed by atoms with Crippen molar-refractivity contribution in [1.29, 1.82) is 0 Å². The number of likely N-dealkylation sites (tertiary alicyclic amines) is 1. The first-order chi connectivity index (χ1) is 9.94. The topological polar surface area (TPSA) is 67.3 Å². The summed E-state index contributed by atoms with van der Waals surface area (Å²) in [5, 5.41) is 3.43. The van der Waals surface area contributed by atoms with Gasteiger partial charge in [-0.2, -0.15) is 0 Å². The molecule has 1 aliphatic rings. The molecule has 116 valence electrons. The lowest BCUT2D eigenvalue weighted by Gasteiger charge is -2.34. The van der Waals surface area contributed by atoms with Crippen LogP contribution in [0.4, 0.5) is 4.79 Å². The molecule has 0 aromatic carbocycles. The van der Waals surface area contributed by atoms with Crippen LogP contribution >= 0.6 is 0 Å². The molecule has 6 heteroatoms. The third kappa shape index (κ3) is 5.30. The fraction of sp³-hybridized carbons (Fsp3) is 0.667. The van der Waals surface area contributed by atoms with Gasteiger partial charge in [0.2, 0.25) is 0 Å². The van der Waals surface area contributed by atoms with Crippen LogP contribution in [0.25, 0.3) is 0 Å². The van der Waals surface area contributed by atoms with Gasteiger partial charge in [0.1, 0.15) is 5.60 Å². The number of nitrogens with zero attached hydrogens (tertiary/aromatic N) is 3. The molecule has 0 bridgehead atoms. The van der Waals surface area contributed by atoms with E-state index >= 15 is 0 Å². The molecule has 1 amide bonds. The van der Waals surface area contributed by atoms with Gasteiger partial charge in [-0.05, 0) is 33.6 Å². The van der Waals surface area contributed by atoms with Crippen molar-refractivity contribution < 1.29 is 9.53 Å². The minimum Gasteiger partial charge on any atom is -0.444 e. The van der Waals surface area contributed by atoms with Crippen LogP contribution < -0.4 is 5.32 Å². The molecule has 0 spiro atoms. The van der Waals surface area contributed by atoms with E-state index in [9.17, 15) is 4.79 Å². The van der Waals surface area contributed by atoms with Crippen LogP contribution in [0.2, 0.25) is 0 Å². The standard InChI is InChI=1S/C15H24N4O2/c1-15(2,3)21-14(20)19-8-4-5-12(11-19)18-10-13-9-16-6-7-17-13/h6-7,9,12,18H,4-5,8,10-11H2,1-3H3/t12-/m1/s1. The summed E-state index contributed by atoms with van der Waals surface area (Å²) in [6.45, 7) is 7.77. The number of nitrogens with one attached hydrogen (secondary N) is 1. The Labute approximate surface area is 125 Å². The molecule has 2 rings (SSSR count). The highest BCUT2D eigenvalue weighted by molar-refractivity contribution is 5.68. The molecule has 1 N–H and O–H groups in total. The molecular formula is C15H24N4O2. The number of hydrogen-bond acceptors (Lipinski definition) is 5. The molecule has 2 heterocycles. The monoisotopic (exact) mass is 292 g/mol. The summed E-state index contributed by atoms with van der Waals surface area (Å²) >= 11 is 0. The maximum absolute atomic E-state index is 12.1. The van der Waals surface area contributed by atoms with E-state index in [1.54, 1.807) is 23.5 Å². The molecule has 0 saturated carbocycles. The number of carbonyl (C=O) groups excluding carboxylic acids is 1. The fourth-order valence-electron chi connectivity index (χ4n) is 2.31. The van der Waals surface area contributed by atoms with Gasteiger partial charge >= 0.3 is 6.09 Å². The van der Waals surface area contributed by atoms with Crippen LogP contribution in [0.1, 0.15) is 39.3 Å². The lowest BCUT2D eigenvalue weighted by molar-refractivity contribution is 0.0187. The Morgan fingerprint density at radius 2 is 2.29 bits per heavy atom. The lowest BCUT2D eigenvalue weighted by atomic mass is 10.1. The molecule has 1 saturated heterocycles. The zero-order valence-electron chi connectivity index (χ0n) is 13.0. The number of ether oxygens (including phenoxy) is 1. The maximum atomic E-state index is 12.1. The van der Waals surface area contributed by atoms with Crippen molar-refractivity contribution in [2.45, 2.75) is 51.8 Å². The van der Waals surface area contributed by atoms with Gasteiger partial charge in [0.25, 0.3) is 0 Å². The molecule has 0 aliphatic carbocycles. The molecule has 1 atom stereocenters. The smallest absolute Gasteiger partial charge is 0.410 e. The number of hydrogen-bond donors (Lipinski definition) is 1. The van der Waals surface area contributed by atoms with Crippen LogP contribution in [0.3, 0.4) is 0 Å². The quantitative estimate of drug-likeness (QED) is 0.922. The Hall–Kier alpha value is -1.69. The third-order valence-corrected chi connectivity index (χ3v) is 3.26. The van der Waals surface area contributed by atoms with Crippen molar-refractivity contribution in [3.05, 3.63) is 24.3 Å². The van der Waals surface area contributed by atoms with E-state index in [-0.39, 0.29) is 12.1 Å². The minimum atomic E-state index is -0.447. The van der Waals surface area contributed by atoms with Gasteiger partial charge in [-0.3, -0.25) is 9.97 Å². The highest BCUT2D eigenvalue weighted by Gasteiger charge is 2.27.